The maximum atomic E-state index is 14.7. The average Bonchev–Trinajstić information content (AvgIpc) is 0.890. The summed E-state index contributed by atoms with van der Waals surface area (Å²) in [7, 11) is 2.96. The number of carboxylic acid groups (broad SMARTS) is 2. The van der Waals surface area contributed by atoms with E-state index < -0.39 is 181 Å². The number of hydrogen-bond acceptors (Lipinski definition) is 20. The standard InChI is InChI=1S/C74H92N14O20/c1-39-13-11-12-16-50(39)47-23-19-43(20-24-47)29-53(64(76)97)82-68(101)54(30-44-17-21-46(22-18-44)48-25-27-57(107-6)58(31-48)108-7)83-69(102)55(33-61(95)96)84-70(103)56(37-89)85-71(104)62(41(3)90)87-73(106)74(5,34-45-14-9-8-10-15-45)88-72(105)63(42(4)91)86-59(92)36-78-67(100)52(26-28-60(93)94)81-65(98)40(2)80-66(99)51(75)32-49-35-77-38-79-49/h8-25,27,31,35,38,40-42,51-56,62-63,89-91H,26,28-30,32-34,36-37,75H2,1-7H3,(H2,76,97)(H,77,79)(H,78,100)(H,80,99)(H,81,98)(H,82,101)(H,83,102)(H,84,103)(H,85,104)(H,86,92)(H,87,106)(H,88,105)(H,93,94)(H,95,96)/t40-,41+,42+,51-,52-,53-,54-,55-,56-,62-,63-,74-/m0/s1. The topological polar surface area (TPSA) is 543 Å². The van der Waals surface area contributed by atoms with Crippen LogP contribution in [0.25, 0.3) is 22.3 Å². The van der Waals surface area contributed by atoms with Gasteiger partial charge in [0.05, 0.1) is 58.4 Å². The summed E-state index contributed by atoms with van der Waals surface area (Å²) in [5.74, 6) is -14.3. The number of methoxy groups -OCH3 is 2. The van der Waals surface area contributed by atoms with E-state index in [1.54, 1.807) is 84.9 Å². The van der Waals surface area contributed by atoms with Crippen LogP contribution in [0.4, 0.5) is 0 Å². The molecule has 0 saturated heterocycles. The molecule has 0 aliphatic carbocycles. The molecule has 5 aromatic carbocycles. The molecule has 0 aliphatic rings. The molecule has 0 unspecified atom stereocenters. The average molecular weight is 1500 g/mol. The van der Waals surface area contributed by atoms with Crippen molar-refractivity contribution in [3.8, 4) is 33.8 Å². The van der Waals surface area contributed by atoms with Crippen LogP contribution < -0.4 is 74.1 Å². The van der Waals surface area contributed by atoms with Crippen molar-refractivity contribution in [1.29, 1.82) is 0 Å². The van der Waals surface area contributed by atoms with Gasteiger partial charge in [-0.1, -0.05) is 109 Å². The zero-order valence-corrected chi connectivity index (χ0v) is 60.4. The van der Waals surface area contributed by atoms with Gasteiger partial charge in [0, 0.05) is 44.0 Å². The SMILES string of the molecule is COc1ccc(-c2ccc(C[C@H](NC(=O)[C@H](CC(=O)O)NC(=O)[C@H](CO)NC(=O)[C@@H](NC(=O)[C@](C)(Cc3ccccc3)NC(=O)[C@@H](NC(=O)CNC(=O)[C@H](CCC(=O)O)NC(=O)[C@H](C)NC(=O)[C@@H](N)Cc3cnc[nH]3)[C@@H](C)O)[C@@H](C)O)C(=O)N[C@@H](Cc3ccc(-c4ccccc4C)cc3)C(N)=O)cc2)cc1OC. The number of aliphatic hydroxyl groups excluding tert-OH is 3. The lowest BCUT2D eigenvalue weighted by Crippen LogP contribution is -2.67. The third-order valence-corrected chi connectivity index (χ3v) is 17.3. The van der Waals surface area contributed by atoms with Crippen LogP contribution in [0.1, 0.15) is 74.9 Å². The molecule has 578 valence electrons. The minimum atomic E-state index is -2.18. The van der Waals surface area contributed by atoms with Gasteiger partial charge in [-0.05, 0) is 97.7 Å². The van der Waals surface area contributed by atoms with Crippen LogP contribution in [0.3, 0.4) is 0 Å². The van der Waals surface area contributed by atoms with Crippen molar-refractivity contribution in [2.75, 3.05) is 27.4 Å². The molecule has 0 saturated carbocycles. The minimum absolute atomic E-state index is 0.0312. The maximum Gasteiger partial charge on any atom is 0.305 e. The number of aliphatic hydroxyl groups is 3. The third kappa shape index (κ3) is 25.3. The number of aromatic amines is 1. The van der Waals surface area contributed by atoms with Gasteiger partial charge in [-0.2, -0.15) is 0 Å². The Bertz CT molecular complexity index is 4150. The van der Waals surface area contributed by atoms with Crippen molar-refractivity contribution in [2.45, 2.75) is 152 Å². The number of carbonyl (C=O) groups excluding carboxylic acids is 11. The van der Waals surface area contributed by atoms with Crippen molar-refractivity contribution in [3.05, 3.63) is 162 Å². The number of benzene rings is 5. The normalized spacial score (nSPS) is 14.7. The number of nitrogens with two attached hydrogens (primary N) is 2. The van der Waals surface area contributed by atoms with Crippen LogP contribution in [0.15, 0.2) is 134 Å². The Labute approximate surface area is 621 Å². The highest BCUT2D eigenvalue weighted by atomic mass is 16.5. The molecular formula is C74H92N14O20. The number of aliphatic carboxylic acids is 2. The number of aromatic nitrogens is 2. The lowest BCUT2D eigenvalue weighted by atomic mass is 9.90. The summed E-state index contributed by atoms with van der Waals surface area (Å²) in [6, 6.07) is 19.7. The van der Waals surface area contributed by atoms with E-state index >= 15 is 0 Å². The van der Waals surface area contributed by atoms with Gasteiger partial charge in [-0.25, -0.2) is 4.98 Å². The first-order chi connectivity index (χ1) is 51.2. The van der Waals surface area contributed by atoms with Gasteiger partial charge in [0.15, 0.2) is 11.5 Å². The van der Waals surface area contributed by atoms with E-state index in [9.17, 15) is 87.9 Å². The zero-order valence-electron chi connectivity index (χ0n) is 60.4. The predicted molar refractivity (Wildman–Crippen MR) is 389 cm³/mol. The van der Waals surface area contributed by atoms with E-state index in [-0.39, 0.29) is 25.7 Å². The van der Waals surface area contributed by atoms with Crippen molar-refractivity contribution in [2.24, 2.45) is 11.5 Å². The van der Waals surface area contributed by atoms with E-state index in [2.05, 4.69) is 63.1 Å². The Morgan fingerprint density at radius 1 is 0.546 bits per heavy atom. The monoisotopic (exact) mass is 1500 g/mol. The Hall–Kier alpha value is -12.1. The molecule has 0 spiro atoms. The van der Waals surface area contributed by atoms with Crippen molar-refractivity contribution in [1.82, 2.24) is 63.1 Å². The molecule has 11 amide bonds. The number of amides is 11. The Balaban J connectivity index is 1.16. The number of carboxylic acids is 2. The number of rotatable bonds is 41. The number of nitrogens with one attached hydrogen (secondary N) is 11. The summed E-state index contributed by atoms with van der Waals surface area (Å²) >= 11 is 0. The van der Waals surface area contributed by atoms with E-state index in [1.165, 1.54) is 40.6 Å². The summed E-state index contributed by atoms with van der Waals surface area (Å²) in [6.45, 7) is 4.36. The molecule has 12 atom stereocenters. The fraction of sp³-hybridized carbons (Fsp3) is 0.378. The molecule has 0 fully saturated rings. The minimum Gasteiger partial charge on any atom is -0.493 e. The van der Waals surface area contributed by atoms with Gasteiger partial charge in [0.1, 0.15) is 53.9 Å². The van der Waals surface area contributed by atoms with E-state index in [4.69, 9.17) is 20.9 Å². The molecule has 0 aliphatic heterocycles. The molecule has 20 N–H and O–H groups in total. The number of ether oxygens (including phenoxy) is 2. The van der Waals surface area contributed by atoms with Gasteiger partial charge in [0.2, 0.25) is 65.0 Å². The molecule has 0 radical (unpaired) electrons. The van der Waals surface area contributed by atoms with Crippen molar-refractivity contribution in [3.63, 3.8) is 0 Å². The number of primary amides is 1. The second-order valence-corrected chi connectivity index (χ2v) is 25.9. The first-order valence-electron chi connectivity index (χ1n) is 34.2. The van der Waals surface area contributed by atoms with Crippen molar-refractivity contribution >= 4 is 76.9 Å². The first-order valence-corrected chi connectivity index (χ1v) is 34.2. The fourth-order valence-electron chi connectivity index (χ4n) is 11.2. The second kappa shape index (κ2) is 40.4. The van der Waals surface area contributed by atoms with Crippen molar-refractivity contribution < 1.29 is 97.3 Å². The smallest absolute Gasteiger partial charge is 0.305 e. The van der Waals surface area contributed by atoms with Gasteiger partial charge < -0.3 is 105 Å². The summed E-state index contributed by atoms with van der Waals surface area (Å²) in [5, 5.41) is 75.5. The Morgan fingerprint density at radius 3 is 1.67 bits per heavy atom. The van der Waals surface area contributed by atoms with E-state index in [1.807, 2.05) is 43.3 Å². The molecule has 0 bridgehead atoms. The highest BCUT2D eigenvalue weighted by Gasteiger charge is 2.42. The summed E-state index contributed by atoms with van der Waals surface area (Å²) in [5.41, 5.74) is 15.9. The maximum absolute atomic E-state index is 14.7. The summed E-state index contributed by atoms with van der Waals surface area (Å²) in [4.78, 5) is 183. The molecule has 34 heteroatoms. The molecule has 6 rings (SSSR count). The number of H-pyrrole nitrogens is 1. The molecule has 6 aromatic rings. The van der Waals surface area contributed by atoms with E-state index in [0.717, 1.165) is 36.1 Å². The number of carbonyl (C=O) groups is 13. The molecule has 34 nitrogen and oxygen atoms in total. The number of hydrogen-bond donors (Lipinski definition) is 18. The van der Waals surface area contributed by atoms with Crippen LogP contribution in [0.5, 0.6) is 11.5 Å². The largest absolute Gasteiger partial charge is 0.493 e. The molecule has 108 heavy (non-hydrogen) atoms. The van der Waals surface area contributed by atoms with Crippen LogP contribution in [0.2, 0.25) is 0 Å². The quantitative estimate of drug-likeness (QED) is 0.0200. The Kier molecular flexibility index (Phi) is 31.7. The number of nitrogens with zero attached hydrogens (tertiary/aromatic N) is 1. The molecule has 1 heterocycles. The predicted octanol–water partition coefficient (Wildman–Crippen LogP) is -1.86. The highest BCUT2D eigenvalue weighted by molar-refractivity contribution is 6.00. The summed E-state index contributed by atoms with van der Waals surface area (Å²) in [6.07, 6.45) is -3.81. The summed E-state index contributed by atoms with van der Waals surface area (Å²) < 4.78 is 10.8. The third-order valence-electron chi connectivity index (χ3n) is 17.3. The second-order valence-electron chi connectivity index (χ2n) is 25.9. The highest BCUT2D eigenvalue weighted by Crippen LogP contribution is 2.33. The van der Waals surface area contributed by atoms with Crippen LogP contribution in [-0.4, -0.2) is 212 Å². The number of aryl methyl sites for hydroxylation is 1. The van der Waals surface area contributed by atoms with Gasteiger partial charge in [-0.3, -0.25) is 62.3 Å². The zero-order chi connectivity index (χ0) is 79.5. The molecular weight excluding hydrogens is 1400 g/mol. The number of imidazole rings is 1. The van der Waals surface area contributed by atoms with Crippen LogP contribution in [-0.2, 0) is 88.0 Å². The lowest BCUT2D eigenvalue weighted by molar-refractivity contribution is -0.142. The molecule has 1 aromatic heterocycles. The van der Waals surface area contributed by atoms with E-state index in [0.29, 0.717) is 39.4 Å². The first kappa shape index (κ1) is 84.8. The van der Waals surface area contributed by atoms with Gasteiger partial charge in [-0.15, -0.1) is 0 Å². The van der Waals surface area contributed by atoms with Crippen LogP contribution >= 0.6 is 0 Å². The Morgan fingerprint density at radius 2 is 1.09 bits per heavy atom. The van der Waals surface area contributed by atoms with Gasteiger partial charge in [0.25, 0.3) is 0 Å². The van der Waals surface area contributed by atoms with Crippen LogP contribution in [0, 0.1) is 6.92 Å². The lowest BCUT2D eigenvalue weighted by Gasteiger charge is -2.34. The fourth-order valence-corrected chi connectivity index (χ4v) is 11.2. The van der Waals surface area contributed by atoms with Gasteiger partial charge >= 0.3 is 11.9 Å².